The Balaban J connectivity index is 1.21. The quantitative estimate of drug-likeness (QED) is 0.174. The zero-order valence-electron chi connectivity index (χ0n) is 24.5. The molecule has 3 N–H and O–H groups in total. The zero-order chi connectivity index (χ0) is 30.2. The van der Waals surface area contributed by atoms with Crippen LogP contribution in [-0.4, -0.2) is 63.2 Å². The number of carbonyl (C=O) groups is 1. The predicted octanol–water partition coefficient (Wildman–Crippen LogP) is 6.65. The number of carbonyl (C=O) groups excluding carboxylic acids is 1. The number of amides is 1. The van der Waals surface area contributed by atoms with E-state index in [-0.39, 0.29) is 17.6 Å². The predicted molar refractivity (Wildman–Crippen MR) is 170 cm³/mol. The maximum atomic E-state index is 14.7. The van der Waals surface area contributed by atoms with Crippen LogP contribution in [0.25, 0.3) is 55.6 Å². The fourth-order valence-corrected chi connectivity index (χ4v) is 5.52. The Morgan fingerprint density at radius 2 is 1.84 bits per heavy atom. The fourth-order valence-electron chi connectivity index (χ4n) is 5.52. The van der Waals surface area contributed by atoms with Crippen molar-refractivity contribution in [3.8, 4) is 39.5 Å². The topological polar surface area (TPSA) is 112 Å². The molecule has 0 bridgehead atoms. The van der Waals surface area contributed by atoms with E-state index in [1.165, 1.54) is 12.1 Å². The minimum atomic E-state index is -0.385. The molecule has 2 aromatic carbocycles. The third-order valence-electron chi connectivity index (χ3n) is 8.13. The molecular formula is C34H32FN7O2. The lowest BCUT2D eigenvalue weighted by Gasteiger charge is -2.24. The van der Waals surface area contributed by atoms with Crippen LogP contribution in [0.4, 0.5) is 10.1 Å². The van der Waals surface area contributed by atoms with Gasteiger partial charge in [-0.15, -0.1) is 0 Å². The van der Waals surface area contributed by atoms with Crippen LogP contribution < -0.4 is 10.1 Å². The van der Waals surface area contributed by atoms with Gasteiger partial charge in [0.25, 0.3) is 0 Å². The van der Waals surface area contributed by atoms with E-state index in [0.29, 0.717) is 29.3 Å². The number of fused-ring (bicyclic) bond motifs is 2. The number of pyridine rings is 2. The summed E-state index contributed by atoms with van der Waals surface area (Å²) in [6.07, 6.45) is 8.17. The molecule has 222 valence electrons. The fraction of sp³-hybridized carbons (Fsp3) is 0.235. The minimum Gasteiger partial charge on any atom is -0.492 e. The number of nitrogens with one attached hydrogen (secondary N) is 3. The molecule has 1 aliphatic rings. The van der Waals surface area contributed by atoms with Crippen molar-refractivity contribution in [2.45, 2.75) is 19.3 Å². The molecule has 7 rings (SSSR count). The molecule has 0 spiro atoms. The Hall–Kier alpha value is -5.09. The van der Waals surface area contributed by atoms with Crippen LogP contribution in [0.5, 0.6) is 5.75 Å². The first kappa shape index (κ1) is 27.7. The highest BCUT2D eigenvalue weighted by Gasteiger charge is 2.25. The molecular weight excluding hydrogens is 557 g/mol. The average molecular weight is 590 g/mol. The number of hydrogen-bond donors (Lipinski definition) is 3. The number of benzene rings is 2. The van der Waals surface area contributed by atoms with Gasteiger partial charge in [0.1, 0.15) is 23.9 Å². The number of ether oxygens (including phenoxy) is 1. The maximum absolute atomic E-state index is 14.7. The zero-order valence-corrected chi connectivity index (χ0v) is 24.5. The van der Waals surface area contributed by atoms with Crippen LogP contribution >= 0.6 is 0 Å². The van der Waals surface area contributed by atoms with Gasteiger partial charge in [-0.25, -0.2) is 4.39 Å². The Morgan fingerprint density at radius 3 is 2.66 bits per heavy atom. The van der Waals surface area contributed by atoms with E-state index in [1.54, 1.807) is 18.6 Å². The van der Waals surface area contributed by atoms with Crippen molar-refractivity contribution in [1.82, 2.24) is 30.0 Å². The van der Waals surface area contributed by atoms with Gasteiger partial charge in [-0.05, 0) is 75.0 Å². The van der Waals surface area contributed by atoms with E-state index < -0.39 is 0 Å². The Kier molecular flexibility index (Phi) is 7.27. The van der Waals surface area contributed by atoms with Crippen LogP contribution in [0.15, 0.2) is 73.2 Å². The SMILES string of the molecule is CN(C)CCOc1cc(F)cc(-c2nccc3[nH]c(-c4n[nH]c5ccc(-c6cncc(NC(=O)C7CCC7)c6)cc45)cc23)c1. The van der Waals surface area contributed by atoms with E-state index in [9.17, 15) is 9.18 Å². The lowest BCUT2D eigenvalue weighted by molar-refractivity contribution is -0.122. The largest absolute Gasteiger partial charge is 0.492 e. The van der Waals surface area contributed by atoms with Gasteiger partial charge in [0.2, 0.25) is 5.91 Å². The van der Waals surface area contributed by atoms with Crippen LogP contribution in [0.2, 0.25) is 0 Å². The highest BCUT2D eigenvalue weighted by atomic mass is 19.1. The van der Waals surface area contributed by atoms with Crippen LogP contribution in [0.1, 0.15) is 19.3 Å². The molecule has 9 nitrogen and oxygen atoms in total. The van der Waals surface area contributed by atoms with Crippen molar-refractivity contribution in [2.24, 2.45) is 5.92 Å². The molecule has 4 heterocycles. The van der Waals surface area contributed by atoms with E-state index >= 15 is 0 Å². The van der Waals surface area contributed by atoms with Crippen molar-refractivity contribution in [3.63, 3.8) is 0 Å². The number of nitrogens with zero attached hydrogens (tertiary/aromatic N) is 4. The number of aromatic amines is 2. The van der Waals surface area contributed by atoms with Crippen LogP contribution in [0, 0.1) is 11.7 Å². The van der Waals surface area contributed by atoms with E-state index in [0.717, 1.165) is 70.1 Å². The van der Waals surface area contributed by atoms with Crippen molar-refractivity contribution >= 4 is 33.4 Å². The van der Waals surface area contributed by atoms with Crippen LogP contribution in [0.3, 0.4) is 0 Å². The van der Waals surface area contributed by atoms with Crippen molar-refractivity contribution in [1.29, 1.82) is 0 Å². The summed E-state index contributed by atoms with van der Waals surface area (Å²) in [6.45, 7) is 1.17. The average Bonchev–Trinajstić information content (AvgIpc) is 3.59. The van der Waals surface area contributed by atoms with Gasteiger partial charge in [-0.2, -0.15) is 5.10 Å². The second-order valence-corrected chi connectivity index (χ2v) is 11.5. The van der Waals surface area contributed by atoms with Crippen LogP contribution in [-0.2, 0) is 4.79 Å². The van der Waals surface area contributed by atoms with Crippen molar-refractivity contribution < 1.29 is 13.9 Å². The molecule has 10 heteroatoms. The summed E-state index contributed by atoms with van der Waals surface area (Å²) in [5, 5.41) is 12.6. The number of anilines is 1. The highest BCUT2D eigenvalue weighted by Crippen LogP contribution is 2.36. The van der Waals surface area contributed by atoms with E-state index in [2.05, 4.69) is 36.5 Å². The van der Waals surface area contributed by atoms with Gasteiger partial charge >= 0.3 is 0 Å². The molecule has 6 aromatic rings. The molecule has 0 radical (unpaired) electrons. The number of halogens is 1. The number of aromatic nitrogens is 5. The first-order valence-electron chi connectivity index (χ1n) is 14.7. The Labute approximate surface area is 253 Å². The normalized spacial score (nSPS) is 13.5. The van der Waals surface area contributed by atoms with Gasteiger partial charge in [0, 0.05) is 58.3 Å². The standard InChI is InChI=1S/C34H32FN7O2/c1-42(2)10-11-44-26-14-22(12-24(35)16-26)32-28-17-31(39-29(28)8-9-37-32)33-27-15-21(6-7-30(27)40-41-33)23-13-25(19-36-18-23)38-34(43)20-4-3-5-20/h6-9,12-20,39H,3-5,10-11H2,1-2H3,(H,38,43)(H,40,41). The summed E-state index contributed by atoms with van der Waals surface area (Å²) in [5.74, 6) is 0.231. The number of hydrogen-bond acceptors (Lipinski definition) is 6. The second kappa shape index (κ2) is 11.5. The number of rotatable bonds is 9. The van der Waals surface area contributed by atoms with Gasteiger partial charge < -0.3 is 19.9 Å². The summed E-state index contributed by atoms with van der Waals surface area (Å²) in [7, 11) is 3.93. The lowest BCUT2D eigenvalue weighted by Crippen LogP contribution is -2.28. The first-order valence-corrected chi connectivity index (χ1v) is 14.7. The molecule has 0 saturated heterocycles. The summed E-state index contributed by atoms with van der Waals surface area (Å²) < 4.78 is 20.5. The van der Waals surface area contributed by atoms with Gasteiger partial charge in [-0.1, -0.05) is 12.5 Å². The van der Waals surface area contributed by atoms with Gasteiger partial charge in [0.15, 0.2) is 0 Å². The Morgan fingerprint density at radius 1 is 0.977 bits per heavy atom. The highest BCUT2D eigenvalue weighted by molar-refractivity contribution is 6.01. The van der Waals surface area contributed by atoms with Gasteiger partial charge in [0.05, 0.1) is 28.8 Å². The molecule has 0 unspecified atom stereocenters. The third kappa shape index (κ3) is 5.51. The van der Waals surface area contributed by atoms with Crippen molar-refractivity contribution in [3.05, 3.63) is 79.0 Å². The van der Waals surface area contributed by atoms with E-state index in [1.807, 2.05) is 55.4 Å². The second-order valence-electron chi connectivity index (χ2n) is 11.5. The Bertz CT molecular complexity index is 1990. The summed E-state index contributed by atoms with van der Waals surface area (Å²) in [4.78, 5) is 27.0. The molecule has 1 saturated carbocycles. The maximum Gasteiger partial charge on any atom is 0.227 e. The molecule has 0 atom stereocenters. The van der Waals surface area contributed by atoms with E-state index in [4.69, 9.17) is 4.74 Å². The minimum absolute atomic E-state index is 0.0572. The molecule has 1 fully saturated rings. The first-order chi connectivity index (χ1) is 21.4. The number of likely N-dealkylation sites (N-methyl/N-ethyl adjacent to an activating group) is 1. The molecule has 1 amide bonds. The summed E-state index contributed by atoms with van der Waals surface area (Å²) in [6, 6.07) is 16.6. The molecule has 4 aromatic heterocycles. The summed E-state index contributed by atoms with van der Waals surface area (Å²) in [5.41, 5.74) is 7.10. The smallest absolute Gasteiger partial charge is 0.227 e. The number of H-pyrrole nitrogens is 2. The monoisotopic (exact) mass is 589 g/mol. The van der Waals surface area contributed by atoms with Gasteiger partial charge in [-0.3, -0.25) is 19.9 Å². The van der Waals surface area contributed by atoms with Crippen molar-refractivity contribution in [2.75, 3.05) is 32.6 Å². The lowest BCUT2D eigenvalue weighted by atomic mass is 9.85. The summed E-state index contributed by atoms with van der Waals surface area (Å²) >= 11 is 0. The third-order valence-corrected chi connectivity index (χ3v) is 8.13. The molecule has 0 aliphatic heterocycles. The molecule has 1 aliphatic carbocycles. The molecule has 44 heavy (non-hydrogen) atoms.